The van der Waals surface area contributed by atoms with Crippen molar-refractivity contribution in [3.8, 4) is 11.3 Å². The van der Waals surface area contributed by atoms with E-state index in [-0.39, 0.29) is 30.4 Å². The first kappa shape index (κ1) is 25.1. The van der Waals surface area contributed by atoms with E-state index in [0.29, 0.717) is 43.5 Å². The standard InChI is InChI=1S/C28H25F2N5O3/c29-22-8-6-20(7-9-22)25-10-11-26(32-31-25)33-12-14-34(15-13-33)27(36)19-35(18-24-5-2-16-38-24)28(37)21-3-1-4-23(30)17-21/h1-11,16-17H,12-15,18-19H2. The van der Waals surface area contributed by atoms with Gasteiger partial charge in [0.1, 0.15) is 23.9 Å². The minimum atomic E-state index is -0.523. The zero-order valence-corrected chi connectivity index (χ0v) is 20.5. The topological polar surface area (TPSA) is 82.8 Å². The van der Waals surface area contributed by atoms with E-state index in [1.165, 1.54) is 41.5 Å². The molecule has 2 aromatic carbocycles. The van der Waals surface area contributed by atoms with Crippen molar-refractivity contribution in [3.05, 3.63) is 102 Å². The van der Waals surface area contributed by atoms with Crippen LogP contribution in [0.1, 0.15) is 16.1 Å². The van der Waals surface area contributed by atoms with Gasteiger partial charge in [-0.25, -0.2) is 8.78 Å². The second kappa shape index (κ2) is 11.2. The number of nitrogens with zero attached hydrogens (tertiary/aromatic N) is 5. The summed E-state index contributed by atoms with van der Waals surface area (Å²) in [6.07, 6.45) is 1.50. The molecule has 10 heteroatoms. The molecule has 38 heavy (non-hydrogen) atoms. The van der Waals surface area contributed by atoms with Gasteiger partial charge >= 0.3 is 0 Å². The number of halogens is 2. The maximum atomic E-state index is 13.7. The van der Waals surface area contributed by atoms with Crippen molar-refractivity contribution in [1.29, 1.82) is 0 Å². The van der Waals surface area contributed by atoms with Crippen molar-refractivity contribution in [2.24, 2.45) is 0 Å². The lowest BCUT2D eigenvalue weighted by atomic mass is 10.1. The van der Waals surface area contributed by atoms with Crippen LogP contribution < -0.4 is 4.90 Å². The van der Waals surface area contributed by atoms with Gasteiger partial charge in [-0.1, -0.05) is 6.07 Å². The van der Waals surface area contributed by atoms with Crippen LogP contribution in [0.2, 0.25) is 0 Å². The molecule has 0 radical (unpaired) electrons. The van der Waals surface area contributed by atoms with Crippen LogP contribution in [0.3, 0.4) is 0 Å². The number of hydrogen-bond donors (Lipinski definition) is 0. The summed E-state index contributed by atoms with van der Waals surface area (Å²) < 4.78 is 32.3. The van der Waals surface area contributed by atoms with E-state index in [4.69, 9.17) is 4.42 Å². The summed E-state index contributed by atoms with van der Waals surface area (Å²) in [5.41, 5.74) is 1.58. The van der Waals surface area contributed by atoms with Crippen molar-refractivity contribution in [2.45, 2.75) is 6.54 Å². The average molecular weight is 518 g/mol. The summed E-state index contributed by atoms with van der Waals surface area (Å²) in [6.45, 7) is 1.91. The fraction of sp³-hybridized carbons (Fsp3) is 0.214. The predicted octanol–water partition coefficient (Wildman–Crippen LogP) is 4.01. The molecular weight excluding hydrogens is 492 g/mol. The number of furan rings is 1. The van der Waals surface area contributed by atoms with Crippen molar-refractivity contribution < 1.29 is 22.8 Å². The van der Waals surface area contributed by atoms with Crippen LogP contribution in [0.4, 0.5) is 14.6 Å². The van der Waals surface area contributed by atoms with E-state index >= 15 is 0 Å². The molecule has 2 aromatic heterocycles. The smallest absolute Gasteiger partial charge is 0.254 e. The highest BCUT2D eigenvalue weighted by Crippen LogP contribution is 2.20. The third-order valence-electron chi connectivity index (χ3n) is 6.36. The molecule has 1 aliphatic heterocycles. The van der Waals surface area contributed by atoms with Gasteiger partial charge in [0.15, 0.2) is 5.82 Å². The Bertz CT molecular complexity index is 1390. The molecule has 8 nitrogen and oxygen atoms in total. The zero-order valence-electron chi connectivity index (χ0n) is 20.5. The van der Waals surface area contributed by atoms with E-state index in [1.54, 1.807) is 29.2 Å². The quantitative estimate of drug-likeness (QED) is 0.369. The molecule has 0 aliphatic carbocycles. The van der Waals surface area contributed by atoms with Crippen molar-refractivity contribution in [1.82, 2.24) is 20.0 Å². The number of benzene rings is 2. The second-order valence-corrected chi connectivity index (χ2v) is 8.90. The summed E-state index contributed by atoms with van der Waals surface area (Å²) in [4.78, 5) is 31.4. The average Bonchev–Trinajstić information content (AvgIpc) is 3.46. The Hall–Kier alpha value is -4.60. The lowest BCUT2D eigenvalue weighted by molar-refractivity contribution is -0.132. The highest BCUT2D eigenvalue weighted by Gasteiger charge is 2.26. The summed E-state index contributed by atoms with van der Waals surface area (Å²) in [7, 11) is 0. The first-order chi connectivity index (χ1) is 18.5. The first-order valence-corrected chi connectivity index (χ1v) is 12.2. The van der Waals surface area contributed by atoms with Gasteiger partial charge in [-0.05, 0) is 66.7 Å². The molecule has 0 saturated carbocycles. The molecule has 1 saturated heterocycles. The van der Waals surface area contributed by atoms with Crippen LogP contribution in [0, 0.1) is 11.6 Å². The van der Waals surface area contributed by atoms with Gasteiger partial charge in [-0.3, -0.25) is 9.59 Å². The minimum Gasteiger partial charge on any atom is -0.467 e. The third-order valence-corrected chi connectivity index (χ3v) is 6.36. The van der Waals surface area contributed by atoms with Gasteiger partial charge < -0.3 is 19.1 Å². The Morgan fingerprint density at radius 1 is 0.868 bits per heavy atom. The van der Waals surface area contributed by atoms with E-state index < -0.39 is 11.7 Å². The first-order valence-electron chi connectivity index (χ1n) is 12.2. The number of piperazine rings is 1. The van der Waals surface area contributed by atoms with E-state index in [1.807, 2.05) is 17.0 Å². The SMILES string of the molecule is O=C(CN(Cc1ccco1)C(=O)c1cccc(F)c1)N1CCN(c2ccc(-c3ccc(F)cc3)nn2)CC1. The van der Waals surface area contributed by atoms with Crippen LogP contribution in [-0.2, 0) is 11.3 Å². The molecule has 194 valence electrons. The number of rotatable bonds is 7. The number of amides is 2. The zero-order chi connectivity index (χ0) is 26.5. The van der Waals surface area contributed by atoms with Crippen LogP contribution in [0.15, 0.2) is 83.5 Å². The number of anilines is 1. The molecule has 0 atom stereocenters. The number of hydrogen-bond acceptors (Lipinski definition) is 6. The number of carbonyl (C=O) groups is 2. The van der Waals surface area contributed by atoms with Gasteiger partial charge in [-0.2, -0.15) is 0 Å². The fourth-order valence-electron chi connectivity index (χ4n) is 4.31. The Kier molecular flexibility index (Phi) is 7.39. The molecule has 0 N–H and O–H groups in total. The van der Waals surface area contributed by atoms with Crippen LogP contribution in [0.5, 0.6) is 0 Å². The molecular formula is C28H25F2N5O3. The summed E-state index contributed by atoms with van der Waals surface area (Å²) in [6, 6.07) is 18.6. The summed E-state index contributed by atoms with van der Waals surface area (Å²) >= 11 is 0. The Labute approximate surface area is 218 Å². The molecule has 0 bridgehead atoms. The molecule has 0 unspecified atom stereocenters. The van der Waals surface area contributed by atoms with Gasteiger partial charge in [0.25, 0.3) is 5.91 Å². The Morgan fingerprint density at radius 2 is 1.66 bits per heavy atom. The summed E-state index contributed by atoms with van der Waals surface area (Å²) in [5, 5.41) is 8.57. The largest absolute Gasteiger partial charge is 0.467 e. The van der Waals surface area contributed by atoms with Gasteiger partial charge in [0.2, 0.25) is 5.91 Å². The monoisotopic (exact) mass is 517 g/mol. The second-order valence-electron chi connectivity index (χ2n) is 8.90. The number of aromatic nitrogens is 2. The van der Waals surface area contributed by atoms with Gasteiger partial charge in [0, 0.05) is 37.3 Å². The summed E-state index contributed by atoms with van der Waals surface area (Å²) in [5.74, 6) is -0.292. The van der Waals surface area contributed by atoms with Crippen molar-refractivity contribution >= 4 is 17.6 Å². The highest BCUT2D eigenvalue weighted by molar-refractivity contribution is 5.96. The van der Waals surface area contributed by atoms with E-state index in [9.17, 15) is 18.4 Å². The lowest BCUT2D eigenvalue weighted by Gasteiger charge is -2.36. The van der Waals surface area contributed by atoms with Gasteiger partial charge in [-0.15, -0.1) is 10.2 Å². The van der Waals surface area contributed by atoms with Gasteiger partial charge in [0.05, 0.1) is 18.5 Å². The Morgan fingerprint density at radius 3 is 2.32 bits per heavy atom. The highest BCUT2D eigenvalue weighted by atomic mass is 19.1. The van der Waals surface area contributed by atoms with Crippen LogP contribution >= 0.6 is 0 Å². The molecule has 2 amide bonds. The fourth-order valence-corrected chi connectivity index (χ4v) is 4.31. The molecule has 3 heterocycles. The van der Waals surface area contributed by atoms with Crippen LogP contribution in [0.25, 0.3) is 11.3 Å². The predicted molar refractivity (Wildman–Crippen MR) is 136 cm³/mol. The van der Waals surface area contributed by atoms with Crippen molar-refractivity contribution in [3.63, 3.8) is 0 Å². The maximum Gasteiger partial charge on any atom is 0.254 e. The molecule has 0 spiro atoms. The third kappa shape index (κ3) is 5.86. The molecule has 5 rings (SSSR count). The van der Waals surface area contributed by atoms with E-state index in [0.717, 1.165) is 11.6 Å². The van der Waals surface area contributed by atoms with Crippen molar-refractivity contribution in [2.75, 3.05) is 37.6 Å². The van der Waals surface area contributed by atoms with Crippen LogP contribution in [-0.4, -0.2) is 64.5 Å². The Balaban J connectivity index is 1.21. The van der Waals surface area contributed by atoms with E-state index in [2.05, 4.69) is 10.2 Å². The lowest BCUT2D eigenvalue weighted by Crippen LogP contribution is -2.52. The minimum absolute atomic E-state index is 0.0873. The normalized spacial score (nSPS) is 13.4. The molecule has 4 aromatic rings. The number of carbonyl (C=O) groups excluding carboxylic acids is 2. The molecule has 1 aliphatic rings. The molecule has 1 fully saturated rings. The maximum absolute atomic E-state index is 13.7.